The van der Waals surface area contributed by atoms with Crippen molar-refractivity contribution in [2.75, 3.05) is 6.61 Å². The molecule has 37 heavy (non-hydrogen) atoms. The third kappa shape index (κ3) is 35.5. The van der Waals surface area contributed by atoms with Gasteiger partial charge < -0.3 is 4.55 Å². The third-order valence-electron chi connectivity index (χ3n) is 7.63. The molecule has 0 aromatic carbocycles. The molecular formula is C31H63KO4S. The van der Waals surface area contributed by atoms with Gasteiger partial charge >= 0.3 is 51.4 Å². The van der Waals surface area contributed by atoms with Crippen LogP contribution in [0, 0.1) is 5.92 Å². The van der Waals surface area contributed by atoms with Crippen LogP contribution < -0.4 is 51.4 Å². The van der Waals surface area contributed by atoms with E-state index in [0.717, 1.165) is 25.7 Å². The molecule has 0 radical (unpaired) electrons. The molecule has 1 atom stereocenters. The summed E-state index contributed by atoms with van der Waals surface area (Å²) < 4.78 is 37.3. The van der Waals surface area contributed by atoms with Crippen molar-refractivity contribution in [2.24, 2.45) is 5.92 Å². The Hall–Kier alpha value is 1.51. The Morgan fingerprint density at radius 3 is 0.973 bits per heavy atom. The van der Waals surface area contributed by atoms with Gasteiger partial charge in [-0.05, 0) is 18.8 Å². The van der Waals surface area contributed by atoms with E-state index in [1.807, 2.05) is 0 Å². The molecule has 0 spiro atoms. The van der Waals surface area contributed by atoms with Gasteiger partial charge in [0, 0.05) is 0 Å². The van der Waals surface area contributed by atoms with E-state index in [0.29, 0.717) is 0 Å². The van der Waals surface area contributed by atoms with Gasteiger partial charge in [-0.25, -0.2) is 8.42 Å². The SMILES string of the molecule is CCCCCCCCCCCCCCCCCCC(CCCCCCCCCCC)COS(=O)(=O)[O-].[K+]. The number of hydrogen-bond acceptors (Lipinski definition) is 4. The Kier molecular flexibility index (Phi) is 35.2. The molecule has 0 heterocycles. The molecule has 0 N–H and O–H groups in total. The first-order valence-electron chi connectivity index (χ1n) is 16.1. The Morgan fingerprint density at radius 1 is 0.486 bits per heavy atom. The second-order valence-corrected chi connectivity index (χ2v) is 12.3. The van der Waals surface area contributed by atoms with E-state index in [4.69, 9.17) is 0 Å². The topological polar surface area (TPSA) is 66.4 Å². The molecular weight excluding hydrogens is 508 g/mol. The van der Waals surface area contributed by atoms with Gasteiger partial charge in [0.05, 0.1) is 6.61 Å². The molecule has 0 fully saturated rings. The second-order valence-electron chi connectivity index (χ2n) is 11.3. The van der Waals surface area contributed by atoms with Crippen molar-refractivity contribution in [3.8, 4) is 0 Å². The van der Waals surface area contributed by atoms with Gasteiger partial charge in [-0.15, -0.1) is 0 Å². The molecule has 4 nitrogen and oxygen atoms in total. The smallest absolute Gasteiger partial charge is 0.726 e. The summed E-state index contributed by atoms with van der Waals surface area (Å²) in [6, 6.07) is 0. The molecule has 0 aliphatic heterocycles. The third-order valence-corrected chi connectivity index (χ3v) is 8.05. The monoisotopic (exact) mass is 570 g/mol. The summed E-state index contributed by atoms with van der Waals surface area (Å²) in [6.07, 6.45) is 35.2. The summed E-state index contributed by atoms with van der Waals surface area (Å²) in [7, 11) is -4.58. The Morgan fingerprint density at radius 2 is 0.730 bits per heavy atom. The molecule has 0 aromatic heterocycles. The van der Waals surface area contributed by atoms with Crippen LogP contribution in [0.1, 0.15) is 187 Å². The maximum Gasteiger partial charge on any atom is 1.00 e. The number of hydrogen-bond donors (Lipinski definition) is 0. The van der Waals surface area contributed by atoms with Crippen LogP contribution in [0.4, 0.5) is 0 Å². The van der Waals surface area contributed by atoms with E-state index in [1.165, 1.54) is 148 Å². The van der Waals surface area contributed by atoms with Crippen molar-refractivity contribution in [1.29, 1.82) is 0 Å². The summed E-state index contributed by atoms with van der Waals surface area (Å²) in [5.41, 5.74) is 0. The number of rotatable bonds is 30. The molecule has 0 rings (SSSR count). The van der Waals surface area contributed by atoms with Gasteiger partial charge in [-0.3, -0.25) is 4.18 Å². The molecule has 0 aliphatic rings. The van der Waals surface area contributed by atoms with E-state index in [9.17, 15) is 13.0 Å². The van der Waals surface area contributed by atoms with E-state index in [2.05, 4.69) is 18.0 Å². The summed E-state index contributed by atoms with van der Waals surface area (Å²) >= 11 is 0. The van der Waals surface area contributed by atoms with Crippen LogP contribution in [0.2, 0.25) is 0 Å². The van der Waals surface area contributed by atoms with Crippen molar-refractivity contribution in [2.45, 2.75) is 187 Å². The average Bonchev–Trinajstić information content (AvgIpc) is 2.84. The van der Waals surface area contributed by atoms with Gasteiger partial charge in [0.15, 0.2) is 0 Å². The van der Waals surface area contributed by atoms with E-state index < -0.39 is 10.4 Å². The van der Waals surface area contributed by atoms with Crippen LogP contribution in [0.5, 0.6) is 0 Å². The second kappa shape index (κ2) is 32.0. The fourth-order valence-corrected chi connectivity index (χ4v) is 5.57. The molecule has 0 saturated heterocycles. The average molecular weight is 571 g/mol. The van der Waals surface area contributed by atoms with Crippen LogP contribution in [0.15, 0.2) is 0 Å². The minimum absolute atomic E-state index is 0. The van der Waals surface area contributed by atoms with Gasteiger partial charge in [0.2, 0.25) is 10.4 Å². The molecule has 1 unspecified atom stereocenters. The van der Waals surface area contributed by atoms with Crippen LogP contribution in [-0.2, 0) is 14.6 Å². The fourth-order valence-electron chi connectivity index (χ4n) is 5.22. The first-order chi connectivity index (χ1) is 17.5. The Bertz CT molecular complexity index is 527. The molecule has 218 valence electrons. The standard InChI is InChI=1S/C31H64O4S.K/c1-3-5-7-9-11-13-14-15-16-17-18-19-21-23-25-27-29-31(30-35-36(32,33)34)28-26-24-22-20-12-10-8-6-4-2;/h31H,3-30H2,1-2H3,(H,32,33,34);/q;+1/p-1. The largest absolute Gasteiger partial charge is 1.00 e. The Balaban J connectivity index is 0. The molecule has 0 saturated carbocycles. The molecule has 0 aliphatic carbocycles. The van der Waals surface area contributed by atoms with Crippen molar-refractivity contribution in [3.63, 3.8) is 0 Å². The van der Waals surface area contributed by atoms with Crippen LogP contribution in [0.25, 0.3) is 0 Å². The molecule has 6 heteroatoms. The minimum atomic E-state index is -4.58. The van der Waals surface area contributed by atoms with Crippen molar-refractivity contribution >= 4 is 10.4 Å². The number of unbranched alkanes of at least 4 members (excludes halogenated alkanes) is 23. The molecule has 0 bridgehead atoms. The summed E-state index contributed by atoms with van der Waals surface area (Å²) in [6.45, 7) is 4.60. The van der Waals surface area contributed by atoms with Gasteiger partial charge in [0.1, 0.15) is 0 Å². The van der Waals surface area contributed by atoms with Crippen molar-refractivity contribution in [3.05, 3.63) is 0 Å². The minimum Gasteiger partial charge on any atom is -0.726 e. The summed E-state index contributed by atoms with van der Waals surface area (Å²) in [5, 5.41) is 0. The van der Waals surface area contributed by atoms with Gasteiger partial charge in [-0.2, -0.15) is 0 Å². The predicted octanol–water partition coefficient (Wildman–Crippen LogP) is 7.66. The van der Waals surface area contributed by atoms with E-state index >= 15 is 0 Å². The summed E-state index contributed by atoms with van der Waals surface area (Å²) in [5.74, 6) is 0.199. The first-order valence-corrected chi connectivity index (χ1v) is 17.4. The maximum absolute atomic E-state index is 10.9. The normalized spacial score (nSPS) is 12.5. The first kappa shape index (κ1) is 40.6. The van der Waals surface area contributed by atoms with Gasteiger partial charge in [0.25, 0.3) is 0 Å². The van der Waals surface area contributed by atoms with E-state index in [1.54, 1.807) is 0 Å². The molecule has 0 amide bonds. The fraction of sp³-hybridized carbons (Fsp3) is 1.00. The summed E-state index contributed by atoms with van der Waals surface area (Å²) in [4.78, 5) is 0. The van der Waals surface area contributed by atoms with Crippen molar-refractivity contribution < 1.29 is 68.5 Å². The van der Waals surface area contributed by atoms with Crippen molar-refractivity contribution in [1.82, 2.24) is 0 Å². The van der Waals surface area contributed by atoms with Crippen LogP contribution >= 0.6 is 0 Å². The van der Waals surface area contributed by atoms with Crippen LogP contribution in [0.3, 0.4) is 0 Å². The zero-order valence-corrected chi connectivity index (χ0v) is 29.4. The van der Waals surface area contributed by atoms with Crippen LogP contribution in [-0.4, -0.2) is 19.6 Å². The van der Waals surface area contributed by atoms with E-state index in [-0.39, 0.29) is 63.9 Å². The predicted molar refractivity (Wildman–Crippen MR) is 155 cm³/mol. The molecule has 0 aromatic rings. The quantitative estimate of drug-likeness (QED) is 0.0385. The zero-order chi connectivity index (χ0) is 26.6. The Labute approximate surface area is 276 Å². The van der Waals surface area contributed by atoms with Gasteiger partial charge in [-0.1, -0.05) is 174 Å². The maximum atomic E-state index is 10.9. The zero-order valence-electron chi connectivity index (χ0n) is 25.4.